The molecule has 0 aliphatic carbocycles. The molecule has 2 aromatic carbocycles. The Morgan fingerprint density at radius 3 is 2.84 bits per heavy atom. The molecule has 3 heterocycles. The molecular formula is C23H21ClN6O. The number of benzene rings is 2. The first-order valence-corrected chi connectivity index (χ1v) is 10.5. The lowest BCUT2D eigenvalue weighted by molar-refractivity contribution is 0.0791. The molecule has 5 rings (SSSR count). The molecule has 8 heteroatoms. The van der Waals surface area contributed by atoms with Crippen LogP contribution in [0.25, 0.3) is 22.2 Å². The van der Waals surface area contributed by atoms with Crippen molar-refractivity contribution in [2.75, 3.05) is 24.1 Å². The van der Waals surface area contributed by atoms with Gasteiger partial charge in [0, 0.05) is 53.0 Å². The Morgan fingerprint density at radius 2 is 2.00 bits per heavy atom. The first kappa shape index (κ1) is 19.4. The molecule has 31 heavy (non-hydrogen) atoms. The number of hydrogen-bond acceptors (Lipinski definition) is 5. The number of aromatic nitrogens is 3. The highest BCUT2D eigenvalue weighted by Crippen LogP contribution is 2.32. The summed E-state index contributed by atoms with van der Waals surface area (Å²) in [5.41, 5.74) is 9.62. The molecule has 4 aromatic rings. The lowest BCUT2D eigenvalue weighted by Gasteiger charge is -2.17. The van der Waals surface area contributed by atoms with E-state index in [0.29, 0.717) is 41.0 Å². The van der Waals surface area contributed by atoms with Crippen LogP contribution in [-0.2, 0) is 0 Å². The average Bonchev–Trinajstić information content (AvgIpc) is 3.42. The number of hydrogen-bond donors (Lipinski definition) is 3. The number of carbonyl (C=O) groups is 1. The monoisotopic (exact) mass is 432 g/mol. The molecule has 0 unspecified atom stereocenters. The third-order valence-electron chi connectivity index (χ3n) is 5.55. The molecule has 1 fully saturated rings. The predicted molar refractivity (Wildman–Crippen MR) is 123 cm³/mol. The summed E-state index contributed by atoms with van der Waals surface area (Å²) >= 11 is 6.42. The Morgan fingerprint density at radius 1 is 1.19 bits per heavy atom. The Balaban J connectivity index is 1.33. The van der Waals surface area contributed by atoms with Gasteiger partial charge in [-0.15, -0.1) is 0 Å². The van der Waals surface area contributed by atoms with Gasteiger partial charge in [0.1, 0.15) is 0 Å². The lowest BCUT2D eigenvalue weighted by Crippen LogP contribution is -2.31. The predicted octanol–water partition coefficient (Wildman–Crippen LogP) is 4.19. The van der Waals surface area contributed by atoms with E-state index in [1.807, 2.05) is 35.4 Å². The molecule has 2 aromatic heterocycles. The lowest BCUT2D eigenvalue weighted by atomic mass is 10.1. The number of likely N-dealkylation sites (tertiary alicyclic amines) is 1. The number of nitrogen functional groups attached to an aromatic ring is 1. The van der Waals surface area contributed by atoms with Gasteiger partial charge in [0.15, 0.2) is 0 Å². The van der Waals surface area contributed by atoms with E-state index in [1.54, 1.807) is 30.5 Å². The number of amides is 1. The second-order valence-corrected chi connectivity index (χ2v) is 8.05. The average molecular weight is 433 g/mol. The maximum absolute atomic E-state index is 12.7. The van der Waals surface area contributed by atoms with Gasteiger partial charge in [-0.1, -0.05) is 29.8 Å². The van der Waals surface area contributed by atoms with E-state index in [1.165, 1.54) is 0 Å². The number of nitrogens with zero attached hydrogens (tertiary/aromatic N) is 3. The Kier molecular flexibility index (Phi) is 4.95. The Hall–Kier alpha value is -3.58. The Bertz CT molecular complexity index is 1250. The van der Waals surface area contributed by atoms with Gasteiger partial charge in [0.2, 0.25) is 5.95 Å². The van der Waals surface area contributed by atoms with Crippen LogP contribution < -0.4 is 11.1 Å². The van der Waals surface area contributed by atoms with Crippen molar-refractivity contribution in [1.82, 2.24) is 19.9 Å². The number of rotatable bonds is 4. The van der Waals surface area contributed by atoms with E-state index < -0.39 is 0 Å². The molecule has 0 spiro atoms. The summed E-state index contributed by atoms with van der Waals surface area (Å²) in [6, 6.07) is 15.1. The zero-order valence-electron chi connectivity index (χ0n) is 16.7. The molecule has 0 radical (unpaired) electrons. The van der Waals surface area contributed by atoms with Gasteiger partial charge in [0.25, 0.3) is 5.91 Å². The summed E-state index contributed by atoms with van der Waals surface area (Å²) in [4.78, 5) is 26.8. The van der Waals surface area contributed by atoms with Crippen LogP contribution >= 0.6 is 11.6 Å². The molecule has 156 valence electrons. The van der Waals surface area contributed by atoms with Crippen LogP contribution in [0.1, 0.15) is 16.8 Å². The highest BCUT2D eigenvalue weighted by molar-refractivity contribution is 6.33. The minimum atomic E-state index is 0.000746. The van der Waals surface area contributed by atoms with Crippen LogP contribution in [0.5, 0.6) is 0 Å². The van der Waals surface area contributed by atoms with Crippen molar-refractivity contribution in [1.29, 1.82) is 0 Å². The zero-order valence-corrected chi connectivity index (χ0v) is 17.4. The summed E-state index contributed by atoms with van der Waals surface area (Å²) in [7, 11) is 0. The standard InChI is InChI=1S/C23H21ClN6O/c24-19-12-27-23(29-21(19)18-11-26-20-4-2-1-3-17(18)20)28-16-9-10-30(13-16)22(31)14-5-7-15(25)8-6-14/h1-8,11-12,16,26H,9-10,13,25H2,(H,27,28,29)/t16-/m1/s1. The largest absolute Gasteiger partial charge is 0.399 e. The highest BCUT2D eigenvalue weighted by Gasteiger charge is 2.27. The van der Waals surface area contributed by atoms with E-state index in [-0.39, 0.29) is 11.9 Å². The van der Waals surface area contributed by atoms with Crippen LogP contribution in [0.3, 0.4) is 0 Å². The van der Waals surface area contributed by atoms with Crippen LogP contribution in [0, 0.1) is 0 Å². The van der Waals surface area contributed by atoms with Crippen molar-refractivity contribution in [3.05, 3.63) is 71.5 Å². The van der Waals surface area contributed by atoms with Crippen molar-refractivity contribution < 1.29 is 4.79 Å². The molecule has 4 N–H and O–H groups in total. The van der Waals surface area contributed by atoms with Gasteiger partial charge in [-0.3, -0.25) is 4.79 Å². The van der Waals surface area contributed by atoms with Crippen LogP contribution in [-0.4, -0.2) is 44.9 Å². The summed E-state index contributed by atoms with van der Waals surface area (Å²) < 4.78 is 0. The van der Waals surface area contributed by atoms with Crippen molar-refractivity contribution in [3.8, 4) is 11.3 Å². The van der Waals surface area contributed by atoms with Crippen molar-refractivity contribution >= 4 is 40.0 Å². The normalized spacial score (nSPS) is 16.0. The summed E-state index contributed by atoms with van der Waals surface area (Å²) in [5, 5.41) is 4.90. The quantitative estimate of drug-likeness (QED) is 0.420. The molecule has 1 aliphatic rings. The Labute approximate surface area is 184 Å². The van der Waals surface area contributed by atoms with E-state index >= 15 is 0 Å². The number of para-hydroxylation sites is 1. The number of nitrogens with one attached hydrogen (secondary N) is 2. The molecule has 0 saturated carbocycles. The van der Waals surface area contributed by atoms with Crippen molar-refractivity contribution in [3.63, 3.8) is 0 Å². The minimum absolute atomic E-state index is 0.000746. The van der Waals surface area contributed by atoms with Gasteiger partial charge in [0.05, 0.1) is 16.9 Å². The topological polar surface area (TPSA) is 99.9 Å². The first-order valence-electron chi connectivity index (χ1n) is 10.1. The van der Waals surface area contributed by atoms with Crippen molar-refractivity contribution in [2.45, 2.75) is 12.5 Å². The van der Waals surface area contributed by atoms with Gasteiger partial charge in [-0.05, 0) is 36.8 Å². The molecule has 0 bridgehead atoms. The maximum atomic E-state index is 12.7. The van der Waals surface area contributed by atoms with Crippen LogP contribution in [0.2, 0.25) is 5.02 Å². The fourth-order valence-corrected chi connectivity index (χ4v) is 4.14. The maximum Gasteiger partial charge on any atom is 0.253 e. The third-order valence-corrected chi connectivity index (χ3v) is 5.83. The van der Waals surface area contributed by atoms with E-state index in [4.69, 9.17) is 17.3 Å². The molecule has 1 aliphatic heterocycles. The molecule has 1 saturated heterocycles. The number of H-pyrrole nitrogens is 1. The smallest absolute Gasteiger partial charge is 0.253 e. The van der Waals surface area contributed by atoms with Crippen LogP contribution in [0.15, 0.2) is 60.9 Å². The fraction of sp³-hybridized carbons (Fsp3) is 0.174. The second kappa shape index (κ2) is 7.92. The summed E-state index contributed by atoms with van der Waals surface area (Å²) in [6.07, 6.45) is 4.33. The van der Waals surface area contributed by atoms with E-state index in [2.05, 4.69) is 20.3 Å². The number of fused-ring (bicyclic) bond motifs is 1. The van der Waals surface area contributed by atoms with Gasteiger partial charge < -0.3 is 20.9 Å². The number of anilines is 2. The third kappa shape index (κ3) is 3.80. The fourth-order valence-electron chi connectivity index (χ4n) is 3.95. The highest BCUT2D eigenvalue weighted by atomic mass is 35.5. The minimum Gasteiger partial charge on any atom is -0.399 e. The summed E-state index contributed by atoms with van der Waals surface area (Å²) in [6.45, 7) is 1.25. The number of halogens is 1. The van der Waals surface area contributed by atoms with E-state index in [9.17, 15) is 4.79 Å². The van der Waals surface area contributed by atoms with Gasteiger partial charge >= 0.3 is 0 Å². The van der Waals surface area contributed by atoms with Gasteiger partial charge in [-0.2, -0.15) is 0 Å². The SMILES string of the molecule is Nc1ccc(C(=O)N2CC[C@@H](Nc3ncc(Cl)c(-c4c[nH]c5ccccc45)n3)C2)cc1. The first-order chi connectivity index (χ1) is 15.1. The van der Waals surface area contributed by atoms with Crippen LogP contribution in [0.4, 0.5) is 11.6 Å². The van der Waals surface area contributed by atoms with Gasteiger partial charge in [-0.25, -0.2) is 9.97 Å². The zero-order chi connectivity index (χ0) is 21.4. The van der Waals surface area contributed by atoms with Crippen molar-refractivity contribution in [2.24, 2.45) is 0 Å². The molecule has 1 amide bonds. The second-order valence-electron chi connectivity index (χ2n) is 7.64. The van der Waals surface area contributed by atoms with E-state index in [0.717, 1.165) is 22.9 Å². The molecule has 7 nitrogen and oxygen atoms in total. The molecule has 1 atom stereocenters. The summed E-state index contributed by atoms with van der Waals surface area (Å²) in [5.74, 6) is 0.497. The number of nitrogens with two attached hydrogens (primary N) is 1. The molecular weight excluding hydrogens is 412 g/mol. The number of aromatic amines is 1. The number of carbonyl (C=O) groups excluding carboxylic acids is 1.